The van der Waals surface area contributed by atoms with Gasteiger partial charge in [0.05, 0.1) is 25.9 Å². The Morgan fingerprint density at radius 2 is 1.87 bits per heavy atom. The fourth-order valence-corrected chi connectivity index (χ4v) is 3.40. The molecule has 3 rings (SSSR count). The molecule has 0 fully saturated rings. The quantitative estimate of drug-likeness (QED) is 0.620. The number of hydrogen-bond donors (Lipinski definition) is 1. The Morgan fingerprint density at radius 1 is 1.17 bits per heavy atom. The van der Waals surface area contributed by atoms with Gasteiger partial charge in [0, 0.05) is 8.30 Å². The number of sulfonamides is 1. The summed E-state index contributed by atoms with van der Waals surface area (Å²) in [6.07, 6.45) is -7.50. The summed E-state index contributed by atoms with van der Waals surface area (Å²) in [5, 5.41) is 3.35. The van der Waals surface area contributed by atoms with Gasteiger partial charge in [-0.05, 0) is 74.2 Å². The molecule has 0 radical (unpaired) electrons. The summed E-state index contributed by atoms with van der Waals surface area (Å²) in [4.78, 5) is -0.916. The number of alkyl halides is 3. The van der Waals surface area contributed by atoms with Crippen LogP contribution in [0.5, 0.6) is 0 Å². The molecule has 0 saturated heterocycles. The molecule has 0 spiro atoms. The lowest BCUT2D eigenvalue weighted by atomic mass is 10.0. The number of aromatic nitrogens is 2. The second-order valence-electron chi connectivity index (χ2n) is 6.07. The van der Waals surface area contributed by atoms with E-state index in [1.165, 1.54) is 6.92 Å². The minimum atomic E-state index is -5.28. The van der Waals surface area contributed by atoms with Crippen molar-refractivity contribution in [3.8, 4) is 16.9 Å². The highest BCUT2D eigenvalue weighted by molar-refractivity contribution is 7.89. The molecule has 30 heavy (non-hydrogen) atoms. The zero-order valence-corrected chi connectivity index (χ0v) is 17.0. The predicted molar refractivity (Wildman–Crippen MR) is 109 cm³/mol. The number of rotatable bonds is 5. The fourth-order valence-electron chi connectivity index (χ4n) is 2.60. The molecule has 0 saturated carbocycles. The largest absolute Gasteiger partial charge is 0.435 e. The highest BCUT2D eigenvalue weighted by Crippen LogP contribution is 2.34. The summed E-state index contributed by atoms with van der Waals surface area (Å²) in [6.45, 7) is 3.31. The molecule has 0 aliphatic carbocycles. The average Bonchev–Trinajstić information content (AvgIpc) is 3.13. The van der Waals surface area contributed by atoms with E-state index in [1.54, 1.807) is 0 Å². The van der Waals surface area contributed by atoms with Gasteiger partial charge >= 0.3 is 6.18 Å². The molecule has 9 heteroatoms. The third kappa shape index (κ3) is 4.13. The van der Waals surface area contributed by atoms with E-state index in [2.05, 4.69) is 5.10 Å². The minimum absolute atomic E-state index is 0.0137. The standard InChI is InChI=1S/C21H22F3N3O2S/c1-5-15-6-7-16(10-13(15)2)18-12-20(21(22,23)24)26-27(18)17-8-9-19(14(3)11-17)30(28,29)25-4/h6-12,25H,5H2,1-4H3/i5D2,6D,7D,8D,9D,10D,11D,12D/hD. The van der Waals surface area contributed by atoms with Crippen LogP contribution in [0.1, 0.15) is 41.6 Å². The SMILES string of the molecule is [2H]c1c([2H])c(C([2H])([2H])C)c(C)c([2H])c1-c1c([2H])c(C(F)(F)F)nn1-c1c([2H])c([2H])c(S(=O)(=O)N([2H])C)c(C)c1[2H]. The number of nitrogens with zero attached hydrogens (tertiary/aromatic N) is 2. The summed E-state index contributed by atoms with van der Waals surface area (Å²) in [6, 6.07) is -6.85. The number of halogens is 3. The van der Waals surface area contributed by atoms with Crippen molar-refractivity contribution >= 4 is 10.0 Å². The Balaban J connectivity index is 2.62. The van der Waals surface area contributed by atoms with Gasteiger partial charge < -0.3 is 0 Å². The van der Waals surface area contributed by atoms with Crippen LogP contribution in [0, 0.1) is 13.8 Å². The number of benzene rings is 2. The molecule has 2 aromatic carbocycles. The lowest BCUT2D eigenvalue weighted by Gasteiger charge is -2.12. The molecule has 0 unspecified atom stereocenters. The molecular formula is C21H22F3N3O2S. The summed E-state index contributed by atoms with van der Waals surface area (Å²) < 4.78 is 149. The summed E-state index contributed by atoms with van der Waals surface area (Å²) in [7, 11) is -3.89. The first-order valence-electron chi connectivity index (χ1n) is 13.3. The zero-order chi connectivity index (χ0) is 31.0. The van der Waals surface area contributed by atoms with Crippen LogP contribution in [0.4, 0.5) is 13.2 Å². The van der Waals surface area contributed by atoms with E-state index < -0.39 is 98.0 Å². The first-order valence-corrected chi connectivity index (χ1v) is 9.80. The Labute approximate surface area is 187 Å². The molecule has 0 aliphatic heterocycles. The van der Waals surface area contributed by atoms with Crippen molar-refractivity contribution in [2.45, 2.75) is 38.2 Å². The van der Waals surface area contributed by atoms with Crippen molar-refractivity contribution in [3.63, 3.8) is 0 Å². The second-order valence-corrected chi connectivity index (χ2v) is 7.79. The molecular weight excluding hydrogens is 415 g/mol. The van der Waals surface area contributed by atoms with Crippen molar-refractivity contribution in [3.05, 3.63) is 64.7 Å². The first kappa shape index (κ1) is 12.3. The number of hydrogen-bond acceptors (Lipinski definition) is 3. The van der Waals surface area contributed by atoms with Crippen molar-refractivity contribution in [2.24, 2.45) is 0 Å². The fraction of sp³-hybridized carbons (Fsp3) is 0.286. The van der Waals surface area contributed by atoms with Gasteiger partial charge in [-0.25, -0.2) is 17.8 Å². The Bertz CT molecular complexity index is 1610. The lowest BCUT2D eigenvalue weighted by Crippen LogP contribution is -2.19. The Morgan fingerprint density at radius 3 is 2.47 bits per heavy atom. The van der Waals surface area contributed by atoms with Crippen molar-refractivity contribution in [1.82, 2.24) is 14.5 Å². The van der Waals surface area contributed by atoms with Crippen LogP contribution in [0.3, 0.4) is 0 Å². The minimum Gasteiger partial charge on any atom is -0.232 e. The van der Waals surface area contributed by atoms with Gasteiger partial charge in [-0.15, -0.1) is 0 Å². The van der Waals surface area contributed by atoms with E-state index in [0.717, 1.165) is 20.9 Å². The van der Waals surface area contributed by atoms with Crippen LogP contribution in [0.25, 0.3) is 16.9 Å². The van der Waals surface area contributed by atoms with Crippen LogP contribution in [-0.4, -0.2) is 25.2 Å². The van der Waals surface area contributed by atoms with Crippen LogP contribution in [0.15, 0.2) is 47.2 Å². The molecule has 0 atom stereocenters. The molecule has 160 valence electrons. The van der Waals surface area contributed by atoms with E-state index in [1.807, 2.05) is 0 Å². The van der Waals surface area contributed by atoms with E-state index >= 15 is 0 Å². The topological polar surface area (TPSA) is 64.0 Å². The molecule has 5 nitrogen and oxygen atoms in total. The van der Waals surface area contributed by atoms with Crippen LogP contribution < -0.4 is 4.72 Å². The van der Waals surface area contributed by atoms with Crippen molar-refractivity contribution in [2.75, 3.05) is 7.05 Å². The maximum absolute atomic E-state index is 13.9. The van der Waals surface area contributed by atoms with Crippen molar-refractivity contribution < 1.29 is 35.3 Å². The average molecular weight is 448 g/mol. The van der Waals surface area contributed by atoms with Gasteiger partial charge in [0.15, 0.2) is 5.69 Å². The van der Waals surface area contributed by atoms with Gasteiger partial charge in [-0.2, -0.15) is 18.3 Å². The second kappa shape index (κ2) is 7.88. The molecule has 0 amide bonds. The van der Waals surface area contributed by atoms with Gasteiger partial charge in [-0.1, -0.05) is 19.0 Å². The van der Waals surface area contributed by atoms with Gasteiger partial charge in [-0.3, -0.25) is 0 Å². The third-order valence-electron chi connectivity index (χ3n) is 4.05. The van der Waals surface area contributed by atoms with Gasteiger partial charge in [0.1, 0.15) is 1.41 Å². The number of nitrogens with one attached hydrogen (secondary N) is 1. The predicted octanol–water partition coefficient (Wildman–Crippen LogP) is 4.65. The van der Waals surface area contributed by atoms with E-state index in [-0.39, 0.29) is 20.5 Å². The van der Waals surface area contributed by atoms with Crippen LogP contribution in [0.2, 0.25) is 1.41 Å². The maximum atomic E-state index is 13.9. The van der Waals surface area contributed by atoms with E-state index in [9.17, 15) is 21.6 Å². The summed E-state index contributed by atoms with van der Waals surface area (Å²) in [5.41, 5.74) is -5.48. The monoisotopic (exact) mass is 447 g/mol. The maximum Gasteiger partial charge on any atom is 0.435 e. The van der Waals surface area contributed by atoms with Gasteiger partial charge in [0.2, 0.25) is 10.0 Å². The molecule has 0 bridgehead atoms. The lowest BCUT2D eigenvalue weighted by molar-refractivity contribution is -0.141. The Kier molecular flexibility index (Phi) is 3.22. The normalized spacial score (nSPS) is 17.7. The summed E-state index contributed by atoms with van der Waals surface area (Å²) >= 11 is 0. The summed E-state index contributed by atoms with van der Waals surface area (Å²) in [5.74, 6) is 0. The van der Waals surface area contributed by atoms with E-state index in [4.69, 9.17) is 13.7 Å². The molecule has 1 N–H and O–H groups in total. The molecule has 0 aliphatic rings. The molecule has 3 aromatic rings. The van der Waals surface area contributed by atoms with E-state index in [0.29, 0.717) is 0 Å². The zero-order valence-electron chi connectivity index (χ0n) is 26.2. The Hall–Kier alpha value is -2.65. The molecule has 1 aromatic heterocycles. The van der Waals surface area contributed by atoms with Gasteiger partial charge in [0.25, 0.3) is 0 Å². The van der Waals surface area contributed by atoms with Crippen LogP contribution in [-0.2, 0) is 22.6 Å². The van der Waals surface area contributed by atoms with Crippen molar-refractivity contribution in [1.29, 1.82) is 0 Å². The first-order chi connectivity index (χ1) is 18.0. The third-order valence-corrected chi connectivity index (χ3v) is 5.46. The van der Waals surface area contributed by atoms with Crippen LogP contribution >= 0.6 is 0 Å². The highest BCUT2D eigenvalue weighted by Gasteiger charge is 2.35. The molecule has 1 heterocycles. The highest BCUT2D eigenvalue weighted by atomic mass is 32.2. The smallest absolute Gasteiger partial charge is 0.232 e.